The number of aromatic amines is 1. The Bertz CT molecular complexity index is 975. The van der Waals surface area contributed by atoms with E-state index >= 15 is 0 Å². The predicted molar refractivity (Wildman–Crippen MR) is 103 cm³/mol. The number of H-pyrrole nitrogens is 1. The molecule has 3 N–H and O–H groups in total. The molecule has 0 saturated carbocycles. The summed E-state index contributed by atoms with van der Waals surface area (Å²) in [6.45, 7) is 7.49. The minimum atomic E-state index is -1.27. The number of benzene rings is 1. The Kier molecular flexibility index (Phi) is 4.75. The molecule has 1 aromatic carbocycles. The van der Waals surface area contributed by atoms with Crippen molar-refractivity contribution in [2.24, 2.45) is 0 Å². The van der Waals surface area contributed by atoms with Gasteiger partial charge in [-0.1, -0.05) is 12.1 Å². The number of aromatic nitrogens is 1. The van der Waals surface area contributed by atoms with Crippen LogP contribution in [0, 0.1) is 0 Å². The van der Waals surface area contributed by atoms with Crippen molar-refractivity contribution >= 4 is 30.1 Å². The summed E-state index contributed by atoms with van der Waals surface area (Å²) in [4.78, 5) is 26.1. The third-order valence-electron chi connectivity index (χ3n) is 5.23. The Hall–Kier alpha value is -2.42. The van der Waals surface area contributed by atoms with E-state index in [1.54, 1.807) is 24.3 Å². The molecule has 0 bridgehead atoms. The molecule has 2 aromatic rings. The van der Waals surface area contributed by atoms with E-state index in [2.05, 4.69) is 4.98 Å². The van der Waals surface area contributed by atoms with Crippen LogP contribution >= 0.6 is 0 Å². The van der Waals surface area contributed by atoms with Crippen LogP contribution in [0.5, 0.6) is 0 Å². The van der Waals surface area contributed by atoms with E-state index in [1.165, 1.54) is 6.20 Å². The highest BCUT2D eigenvalue weighted by Crippen LogP contribution is 2.38. The third-order valence-corrected chi connectivity index (χ3v) is 5.23. The van der Waals surface area contributed by atoms with Gasteiger partial charge in [-0.2, -0.15) is 0 Å². The lowest BCUT2D eigenvalue weighted by molar-refractivity contribution is 0.00578. The molecule has 142 valence electrons. The van der Waals surface area contributed by atoms with Crippen molar-refractivity contribution < 1.29 is 24.3 Å². The van der Waals surface area contributed by atoms with E-state index < -0.39 is 29.7 Å². The number of carboxylic acids is 1. The lowest BCUT2D eigenvalue weighted by atomic mass is 9.77. The Morgan fingerprint density at radius 2 is 1.85 bits per heavy atom. The van der Waals surface area contributed by atoms with E-state index in [0.717, 1.165) is 5.56 Å². The van der Waals surface area contributed by atoms with Gasteiger partial charge in [0, 0.05) is 17.1 Å². The van der Waals surface area contributed by atoms with Crippen LogP contribution in [-0.4, -0.2) is 46.1 Å². The summed E-state index contributed by atoms with van der Waals surface area (Å²) >= 11 is 0. The van der Waals surface area contributed by atoms with E-state index in [0.29, 0.717) is 11.0 Å². The second-order valence-electron chi connectivity index (χ2n) is 7.61. The summed E-state index contributed by atoms with van der Waals surface area (Å²) in [5.41, 5.74) is -0.108. The molecule has 27 heavy (non-hydrogen) atoms. The lowest BCUT2D eigenvalue weighted by Crippen LogP contribution is -2.41. The maximum atomic E-state index is 12.2. The molecule has 0 spiro atoms. The first kappa shape index (κ1) is 19.3. The smallest absolute Gasteiger partial charge is 0.477 e. The third kappa shape index (κ3) is 3.43. The van der Waals surface area contributed by atoms with Crippen molar-refractivity contribution in [3.63, 3.8) is 0 Å². The van der Waals surface area contributed by atoms with Crippen LogP contribution in [0.25, 0.3) is 17.0 Å². The molecule has 1 aromatic heterocycles. The zero-order valence-electron chi connectivity index (χ0n) is 15.7. The number of rotatable bonds is 4. The number of aromatic carboxylic acids is 1. The van der Waals surface area contributed by atoms with Crippen molar-refractivity contribution in [1.29, 1.82) is 0 Å². The summed E-state index contributed by atoms with van der Waals surface area (Å²) in [5, 5.41) is 19.1. The normalized spacial score (nSPS) is 18.9. The first-order valence-electron chi connectivity index (χ1n) is 8.61. The molecule has 1 fully saturated rings. The first-order valence-corrected chi connectivity index (χ1v) is 8.61. The van der Waals surface area contributed by atoms with Crippen LogP contribution in [0.15, 0.2) is 34.7 Å². The molecular weight excluding hydrogens is 349 g/mol. The molecule has 7 nitrogen and oxygen atoms in total. The van der Waals surface area contributed by atoms with Crippen molar-refractivity contribution in [2.75, 3.05) is 6.61 Å². The van der Waals surface area contributed by atoms with E-state index in [-0.39, 0.29) is 17.6 Å². The van der Waals surface area contributed by atoms with Gasteiger partial charge in [-0.25, -0.2) is 4.79 Å². The van der Waals surface area contributed by atoms with Crippen LogP contribution < -0.4 is 5.43 Å². The average Bonchev–Trinajstić information content (AvgIpc) is 2.80. The zero-order valence-corrected chi connectivity index (χ0v) is 15.7. The van der Waals surface area contributed by atoms with Gasteiger partial charge in [-0.3, -0.25) is 4.79 Å². The molecule has 1 aliphatic heterocycles. The second-order valence-corrected chi connectivity index (χ2v) is 7.61. The number of carboxylic acid groups (broad SMARTS) is 1. The molecule has 1 aliphatic rings. The molecule has 2 heterocycles. The molecule has 0 amide bonds. The summed E-state index contributed by atoms with van der Waals surface area (Å²) in [7, 11) is -0.677. The van der Waals surface area contributed by atoms with Crippen LogP contribution in [0.1, 0.15) is 43.6 Å². The van der Waals surface area contributed by atoms with Gasteiger partial charge in [0.2, 0.25) is 5.43 Å². The summed E-state index contributed by atoms with van der Waals surface area (Å²) < 4.78 is 11.9. The molecule has 0 atom stereocenters. The van der Waals surface area contributed by atoms with Crippen LogP contribution in [0.2, 0.25) is 0 Å². The van der Waals surface area contributed by atoms with E-state index in [4.69, 9.17) is 14.4 Å². The number of aliphatic hydroxyl groups excluding tert-OH is 1. The van der Waals surface area contributed by atoms with E-state index in [1.807, 2.05) is 27.7 Å². The number of pyridine rings is 1. The molecule has 0 unspecified atom stereocenters. The molecule has 8 heteroatoms. The van der Waals surface area contributed by atoms with Gasteiger partial charge < -0.3 is 24.5 Å². The van der Waals surface area contributed by atoms with Crippen molar-refractivity contribution in [3.8, 4) is 0 Å². The Morgan fingerprint density at radius 3 is 2.41 bits per heavy atom. The predicted octanol–water partition coefficient (Wildman–Crippen LogP) is 2.23. The summed E-state index contributed by atoms with van der Waals surface area (Å²) in [6, 6.07) is 4.96. The van der Waals surface area contributed by atoms with Gasteiger partial charge in [0.25, 0.3) is 0 Å². The highest BCUT2D eigenvalue weighted by molar-refractivity contribution is 6.55. The van der Waals surface area contributed by atoms with Crippen molar-refractivity contribution in [3.05, 3.63) is 51.2 Å². The van der Waals surface area contributed by atoms with Gasteiger partial charge >= 0.3 is 13.1 Å². The average molecular weight is 371 g/mol. The number of fused-ring (bicyclic) bond motifs is 1. The van der Waals surface area contributed by atoms with Gasteiger partial charge in [0.1, 0.15) is 5.56 Å². The maximum Gasteiger partial charge on any atom is 0.492 e. The fourth-order valence-electron chi connectivity index (χ4n) is 2.89. The Balaban J connectivity index is 1.98. The van der Waals surface area contributed by atoms with Crippen molar-refractivity contribution in [2.45, 2.75) is 38.9 Å². The lowest BCUT2D eigenvalue weighted by Gasteiger charge is -2.32. The van der Waals surface area contributed by atoms with Gasteiger partial charge in [-0.05, 0) is 50.9 Å². The number of aliphatic hydroxyl groups is 1. The molecule has 3 rings (SSSR count). The summed E-state index contributed by atoms with van der Waals surface area (Å²) in [6.07, 6.45) is 2.92. The van der Waals surface area contributed by atoms with Crippen LogP contribution in [-0.2, 0) is 9.31 Å². The second kappa shape index (κ2) is 6.63. The van der Waals surface area contributed by atoms with Gasteiger partial charge in [0.05, 0.1) is 17.8 Å². The highest BCUT2D eigenvalue weighted by atomic mass is 16.7. The van der Waals surface area contributed by atoms with Crippen molar-refractivity contribution in [1.82, 2.24) is 4.98 Å². The largest absolute Gasteiger partial charge is 0.492 e. The maximum absolute atomic E-state index is 12.2. The summed E-state index contributed by atoms with van der Waals surface area (Å²) in [5.74, 6) is -1.27. The Morgan fingerprint density at radius 1 is 1.22 bits per heavy atom. The number of carbonyl (C=O) groups is 1. The number of nitrogens with one attached hydrogen (secondary N) is 1. The van der Waals surface area contributed by atoms with Gasteiger partial charge in [-0.15, -0.1) is 0 Å². The van der Waals surface area contributed by atoms with Crippen LogP contribution in [0.3, 0.4) is 0 Å². The zero-order chi connectivity index (χ0) is 20.0. The highest BCUT2D eigenvalue weighted by Gasteiger charge is 2.52. The fourth-order valence-corrected chi connectivity index (χ4v) is 2.89. The van der Waals surface area contributed by atoms with Gasteiger partial charge in [0.15, 0.2) is 0 Å². The SMILES string of the molecule is CC1(C)OB(C(=Cc2ccc3c(=O)c(C(=O)O)c[nH]c3c2)CO)OC1(C)C. The molecular formula is C19H22BNO6. The monoisotopic (exact) mass is 371 g/mol. The molecule has 0 aliphatic carbocycles. The standard InChI is InChI=1S/C19H22BNO6/c1-18(2)19(3,4)27-20(26-18)12(10-22)7-11-5-6-13-15(8-11)21-9-14(16(13)23)17(24)25/h5-9,22H,10H2,1-4H3,(H,21,23)(H,24,25). The minimum Gasteiger partial charge on any atom is -0.477 e. The quantitative estimate of drug-likeness (QED) is 0.712. The molecule has 1 saturated heterocycles. The van der Waals surface area contributed by atoms with Crippen LogP contribution in [0.4, 0.5) is 0 Å². The minimum absolute atomic E-state index is 0.247. The molecule has 0 radical (unpaired) electrons. The number of hydrogen-bond donors (Lipinski definition) is 3. The Labute approximate surface area is 156 Å². The number of hydrogen-bond acceptors (Lipinski definition) is 5. The topological polar surface area (TPSA) is 109 Å². The van der Waals surface area contributed by atoms with E-state index in [9.17, 15) is 14.7 Å². The fraction of sp³-hybridized carbons (Fsp3) is 0.368. The first-order chi connectivity index (χ1) is 12.6.